The van der Waals surface area contributed by atoms with Crippen LogP contribution in [0.25, 0.3) is 0 Å². The highest BCUT2D eigenvalue weighted by atomic mass is 35.5. The third-order valence-electron chi connectivity index (χ3n) is 5.35. The van der Waals surface area contributed by atoms with Gasteiger partial charge >= 0.3 is 0 Å². The average molecular weight is 426 g/mol. The lowest BCUT2D eigenvalue weighted by Crippen LogP contribution is -2.34. The molecule has 0 bridgehead atoms. The van der Waals surface area contributed by atoms with E-state index >= 15 is 0 Å². The number of carbonyl (C=O) groups excluding carboxylic acids is 2. The fraction of sp³-hybridized carbons (Fsp3) is 0.227. The van der Waals surface area contributed by atoms with Gasteiger partial charge in [0.05, 0.1) is 17.2 Å². The van der Waals surface area contributed by atoms with Gasteiger partial charge in [0.2, 0.25) is 5.91 Å². The molecule has 1 aliphatic rings. The molecule has 0 saturated heterocycles. The van der Waals surface area contributed by atoms with E-state index in [0.717, 1.165) is 24.0 Å². The second-order valence-electron chi connectivity index (χ2n) is 7.12. The van der Waals surface area contributed by atoms with Crippen molar-refractivity contribution in [1.82, 2.24) is 9.88 Å². The molecular weight excluding hydrogens is 406 g/mol. The van der Waals surface area contributed by atoms with Crippen LogP contribution in [0.5, 0.6) is 0 Å². The topological polar surface area (TPSA) is 76.3 Å². The minimum Gasteiger partial charge on any atom is -0.366 e. The van der Waals surface area contributed by atoms with E-state index < -0.39 is 5.91 Å². The Labute approximate surface area is 178 Å². The summed E-state index contributed by atoms with van der Waals surface area (Å²) >= 11 is 7.58. The predicted octanol–water partition coefficient (Wildman–Crippen LogP) is 4.53. The van der Waals surface area contributed by atoms with Crippen LogP contribution >= 0.6 is 22.9 Å². The molecular formula is C22H20ClN3O2S. The molecule has 3 aromatic rings. The Bertz CT molecular complexity index is 1100. The van der Waals surface area contributed by atoms with Gasteiger partial charge in [-0.25, -0.2) is 4.98 Å². The molecule has 1 atom stereocenters. The highest BCUT2D eigenvalue weighted by molar-refractivity contribution is 7.11. The van der Waals surface area contributed by atoms with Gasteiger partial charge in [-0.1, -0.05) is 35.9 Å². The number of amides is 2. The zero-order valence-corrected chi connectivity index (χ0v) is 17.5. The molecule has 2 N–H and O–H groups in total. The van der Waals surface area contributed by atoms with Crippen molar-refractivity contribution in [3.05, 3.63) is 85.8 Å². The monoisotopic (exact) mass is 425 g/mol. The molecule has 1 aromatic heterocycles. The molecule has 1 aliphatic carbocycles. The van der Waals surface area contributed by atoms with E-state index in [4.69, 9.17) is 17.3 Å². The van der Waals surface area contributed by atoms with Crippen molar-refractivity contribution in [3.63, 3.8) is 0 Å². The molecule has 0 fully saturated rings. The number of thiazole rings is 1. The molecule has 0 aliphatic heterocycles. The van der Waals surface area contributed by atoms with Gasteiger partial charge in [0.15, 0.2) is 0 Å². The number of aryl methyl sites for hydroxylation is 2. The SMILES string of the molecule is Cc1ncsc1C(=O)N(Cc1ccccc1C(N)=O)[C@@H]1CCc2ccc(Cl)cc21. The second-order valence-corrected chi connectivity index (χ2v) is 8.41. The van der Waals surface area contributed by atoms with E-state index in [9.17, 15) is 9.59 Å². The second kappa shape index (κ2) is 7.97. The quantitative estimate of drug-likeness (QED) is 0.652. The number of fused-ring (bicyclic) bond motifs is 1. The first-order chi connectivity index (χ1) is 14.0. The van der Waals surface area contributed by atoms with Gasteiger partial charge in [-0.15, -0.1) is 11.3 Å². The number of carbonyl (C=O) groups is 2. The van der Waals surface area contributed by atoms with Crippen LogP contribution in [0.1, 0.15) is 54.9 Å². The number of benzene rings is 2. The highest BCUT2D eigenvalue weighted by Gasteiger charge is 2.33. The summed E-state index contributed by atoms with van der Waals surface area (Å²) in [4.78, 5) is 32.1. The number of hydrogen-bond acceptors (Lipinski definition) is 4. The zero-order valence-electron chi connectivity index (χ0n) is 15.9. The van der Waals surface area contributed by atoms with Gasteiger partial charge in [0, 0.05) is 17.1 Å². The van der Waals surface area contributed by atoms with Gasteiger partial charge in [-0.2, -0.15) is 0 Å². The number of primary amides is 1. The number of hydrogen-bond donors (Lipinski definition) is 1. The first-order valence-corrected chi connectivity index (χ1v) is 10.6. The first kappa shape index (κ1) is 19.6. The van der Waals surface area contributed by atoms with Crippen molar-refractivity contribution < 1.29 is 9.59 Å². The lowest BCUT2D eigenvalue weighted by atomic mass is 10.0. The lowest BCUT2D eigenvalue weighted by molar-refractivity contribution is 0.0660. The summed E-state index contributed by atoms with van der Waals surface area (Å²) in [5.74, 6) is -0.598. The largest absolute Gasteiger partial charge is 0.366 e. The molecule has 29 heavy (non-hydrogen) atoms. The van der Waals surface area contributed by atoms with Gasteiger partial charge in [0.25, 0.3) is 5.91 Å². The Hall–Kier alpha value is -2.70. The maximum absolute atomic E-state index is 13.5. The maximum atomic E-state index is 13.5. The van der Waals surface area contributed by atoms with Gasteiger partial charge in [-0.3, -0.25) is 9.59 Å². The number of aromatic nitrogens is 1. The Morgan fingerprint density at radius 2 is 2.07 bits per heavy atom. The summed E-state index contributed by atoms with van der Waals surface area (Å²) in [6.07, 6.45) is 1.68. The summed E-state index contributed by atoms with van der Waals surface area (Å²) in [6, 6.07) is 12.9. The minimum atomic E-state index is -0.503. The molecule has 5 nitrogen and oxygen atoms in total. The van der Waals surface area contributed by atoms with Gasteiger partial charge in [-0.05, 0) is 54.7 Å². The summed E-state index contributed by atoms with van der Waals surface area (Å²) in [5.41, 5.74) is 11.4. The maximum Gasteiger partial charge on any atom is 0.266 e. The normalized spacial score (nSPS) is 15.2. The van der Waals surface area contributed by atoms with Crippen LogP contribution in [0.3, 0.4) is 0 Å². The summed E-state index contributed by atoms with van der Waals surface area (Å²) in [6.45, 7) is 2.12. The van der Waals surface area contributed by atoms with Gasteiger partial charge in [0.1, 0.15) is 4.88 Å². The molecule has 0 unspecified atom stereocenters. The van der Waals surface area contributed by atoms with Crippen LogP contribution < -0.4 is 5.73 Å². The van der Waals surface area contributed by atoms with Crippen molar-refractivity contribution >= 4 is 34.8 Å². The van der Waals surface area contributed by atoms with Crippen LogP contribution in [0.2, 0.25) is 5.02 Å². The summed E-state index contributed by atoms with van der Waals surface area (Å²) < 4.78 is 0. The third-order valence-corrected chi connectivity index (χ3v) is 6.51. The molecule has 0 radical (unpaired) electrons. The van der Waals surface area contributed by atoms with Crippen molar-refractivity contribution in [2.24, 2.45) is 5.73 Å². The Balaban J connectivity index is 1.78. The van der Waals surface area contributed by atoms with Crippen LogP contribution in [0, 0.1) is 6.92 Å². The standard InChI is InChI=1S/C22H20ClN3O2S/c1-13-20(29-12-25-13)22(28)26(11-15-4-2-3-5-17(15)21(24)27)19-9-7-14-6-8-16(23)10-18(14)19/h2-6,8,10,12,19H,7,9,11H2,1H3,(H2,24,27)/t19-/m1/s1. The lowest BCUT2D eigenvalue weighted by Gasteiger charge is -2.30. The molecule has 0 spiro atoms. The minimum absolute atomic E-state index is 0.0953. The van der Waals surface area contributed by atoms with E-state index in [-0.39, 0.29) is 18.5 Å². The van der Waals surface area contributed by atoms with Gasteiger partial charge < -0.3 is 10.6 Å². The highest BCUT2D eigenvalue weighted by Crippen LogP contribution is 2.39. The molecule has 1 heterocycles. The molecule has 7 heteroatoms. The fourth-order valence-electron chi connectivity index (χ4n) is 3.92. The molecule has 148 valence electrons. The fourth-order valence-corrected chi connectivity index (χ4v) is 4.86. The number of halogens is 1. The average Bonchev–Trinajstić information content (AvgIpc) is 3.31. The zero-order chi connectivity index (χ0) is 20.5. The summed E-state index contributed by atoms with van der Waals surface area (Å²) in [7, 11) is 0. The molecule has 2 amide bonds. The first-order valence-electron chi connectivity index (χ1n) is 9.32. The molecule has 2 aromatic carbocycles. The van der Waals surface area contributed by atoms with Crippen LogP contribution in [-0.2, 0) is 13.0 Å². The molecule has 4 rings (SSSR count). The van der Waals surface area contributed by atoms with E-state index in [1.165, 1.54) is 16.9 Å². The molecule has 0 saturated carbocycles. The third kappa shape index (κ3) is 3.78. The smallest absolute Gasteiger partial charge is 0.266 e. The summed E-state index contributed by atoms with van der Waals surface area (Å²) in [5, 5.41) is 0.648. The van der Waals surface area contributed by atoms with Crippen molar-refractivity contribution in [3.8, 4) is 0 Å². The number of rotatable bonds is 5. The van der Waals surface area contributed by atoms with E-state index in [1.807, 2.05) is 42.2 Å². The van der Waals surface area contributed by atoms with Crippen molar-refractivity contribution in [2.75, 3.05) is 0 Å². The number of nitrogens with zero attached hydrogens (tertiary/aromatic N) is 2. The Kier molecular flexibility index (Phi) is 5.39. The van der Waals surface area contributed by atoms with Crippen molar-refractivity contribution in [2.45, 2.75) is 32.4 Å². The number of nitrogens with two attached hydrogens (primary N) is 1. The van der Waals surface area contributed by atoms with E-state index in [0.29, 0.717) is 21.2 Å². The van der Waals surface area contributed by atoms with E-state index in [1.54, 1.807) is 17.6 Å². The van der Waals surface area contributed by atoms with Crippen LogP contribution in [-0.4, -0.2) is 21.7 Å². The van der Waals surface area contributed by atoms with E-state index in [2.05, 4.69) is 4.98 Å². The predicted molar refractivity (Wildman–Crippen MR) is 114 cm³/mol. The Morgan fingerprint density at radius 3 is 2.79 bits per heavy atom. The van der Waals surface area contributed by atoms with Crippen LogP contribution in [0.15, 0.2) is 48.0 Å². The van der Waals surface area contributed by atoms with Crippen molar-refractivity contribution in [1.29, 1.82) is 0 Å². The van der Waals surface area contributed by atoms with Crippen LogP contribution in [0.4, 0.5) is 0 Å². The Morgan fingerprint density at radius 1 is 1.28 bits per heavy atom.